The molecule has 4 rings (SSSR count). The number of aromatic nitrogens is 2. The van der Waals surface area contributed by atoms with Crippen LogP contribution in [0.1, 0.15) is 38.0 Å². The number of rotatable bonds is 6. The third-order valence-corrected chi connectivity index (χ3v) is 5.47. The van der Waals surface area contributed by atoms with Crippen molar-refractivity contribution in [2.45, 2.75) is 38.7 Å². The molecule has 2 saturated carbocycles. The topological polar surface area (TPSA) is 74.5 Å². The van der Waals surface area contributed by atoms with Crippen LogP contribution in [0.15, 0.2) is 28.7 Å². The highest BCUT2D eigenvalue weighted by Gasteiger charge is 2.40. The summed E-state index contributed by atoms with van der Waals surface area (Å²) in [6.07, 6.45) is 5.61. The Kier molecular flexibility index (Phi) is 4.42. The number of hydrogen-bond acceptors (Lipinski definition) is 6. The summed E-state index contributed by atoms with van der Waals surface area (Å²) in [4.78, 5) is 12.1. The Morgan fingerprint density at radius 1 is 1.20 bits per heavy atom. The number of carbonyl (C=O) groups is 1. The van der Waals surface area contributed by atoms with Gasteiger partial charge in [-0.1, -0.05) is 6.42 Å². The lowest BCUT2D eigenvalue weighted by atomic mass is 9.86. The van der Waals surface area contributed by atoms with Crippen molar-refractivity contribution in [1.82, 2.24) is 10.2 Å². The van der Waals surface area contributed by atoms with Crippen LogP contribution >= 0.6 is 0 Å². The van der Waals surface area contributed by atoms with Gasteiger partial charge in [0.25, 0.3) is 5.89 Å². The van der Waals surface area contributed by atoms with E-state index in [9.17, 15) is 4.79 Å². The first-order valence-electron chi connectivity index (χ1n) is 8.83. The maximum absolute atomic E-state index is 12.1. The lowest BCUT2D eigenvalue weighted by Crippen LogP contribution is -2.17. The zero-order valence-corrected chi connectivity index (χ0v) is 14.3. The van der Waals surface area contributed by atoms with E-state index in [-0.39, 0.29) is 12.6 Å². The molecule has 25 heavy (non-hydrogen) atoms. The SMILES string of the molecule is COc1ccc(-c2nnc(COC(=O)C[C@H]3C[C@H]4CC[C@H]3C4)o2)cc1. The van der Waals surface area contributed by atoms with Crippen LogP contribution in [0.4, 0.5) is 0 Å². The fourth-order valence-electron chi connectivity index (χ4n) is 4.20. The Labute approximate surface area is 146 Å². The van der Waals surface area contributed by atoms with Gasteiger partial charge in [-0.15, -0.1) is 10.2 Å². The Balaban J connectivity index is 1.29. The van der Waals surface area contributed by atoms with Crippen LogP contribution in [0.2, 0.25) is 0 Å². The normalized spacial score (nSPS) is 24.4. The largest absolute Gasteiger partial charge is 0.497 e. The molecule has 0 radical (unpaired) electrons. The maximum Gasteiger partial charge on any atom is 0.306 e. The average molecular weight is 342 g/mol. The Morgan fingerprint density at radius 3 is 2.72 bits per heavy atom. The summed E-state index contributed by atoms with van der Waals surface area (Å²) < 4.78 is 16.0. The quantitative estimate of drug-likeness (QED) is 0.747. The van der Waals surface area contributed by atoms with Crippen molar-refractivity contribution in [3.63, 3.8) is 0 Å². The number of benzene rings is 1. The molecule has 2 bridgehead atoms. The third-order valence-electron chi connectivity index (χ3n) is 5.47. The molecular weight excluding hydrogens is 320 g/mol. The first-order chi connectivity index (χ1) is 12.2. The number of fused-ring (bicyclic) bond motifs is 2. The molecule has 0 aliphatic heterocycles. The van der Waals surface area contributed by atoms with E-state index < -0.39 is 0 Å². The molecule has 3 atom stereocenters. The fraction of sp³-hybridized carbons (Fsp3) is 0.526. The lowest BCUT2D eigenvalue weighted by Gasteiger charge is -2.20. The molecule has 1 heterocycles. The first kappa shape index (κ1) is 16.1. The maximum atomic E-state index is 12.1. The minimum atomic E-state index is -0.165. The van der Waals surface area contributed by atoms with Gasteiger partial charge in [0.05, 0.1) is 7.11 Å². The summed E-state index contributed by atoms with van der Waals surface area (Å²) in [5.41, 5.74) is 0.799. The molecule has 2 fully saturated rings. The number of hydrogen-bond donors (Lipinski definition) is 0. The van der Waals surface area contributed by atoms with Crippen molar-refractivity contribution in [2.24, 2.45) is 17.8 Å². The standard InChI is InChI=1S/C19H22N2O4/c1-23-16-6-4-13(5-7-16)19-21-20-17(25-19)11-24-18(22)10-15-9-12-2-3-14(15)8-12/h4-7,12,14-15H,2-3,8-11H2,1H3/t12-,14-,15+/m0/s1. The summed E-state index contributed by atoms with van der Waals surface area (Å²) in [5.74, 6) is 3.38. The molecule has 2 aromatic rings. The van der Waals surface area contributed by atoms with Crippen LogP contribution in [0, 0.1) is 17.8 Å². The molecule has 1 aromatic heterocycles. The van der Waals surface area contributed by atoms with E-state index in [1.54, 1.807) is 7.11 Å². The van der Waals surface area contributed by atoms with E-state index in [2.05, 4.69) is 10.2 Å². The summed E-state index contributed by atoms with van der Waals surface area (Å²) >= 11 is 0. The molecule has 1 aromatic carbocycles. The fourth-order valence-corrected chi connectivity index (χ4v) is 4.20. The zero-order valence-electron chi connectivity index (χ0n) is 14.3. The monoisotopic (exact) mass is 342 g/mol. The smallest absolute Gasteiger partial charge is 0.306 e. The summed E-state index contributed by atoms with van der Waals surface area (Å²) in [7, 11) is 1.62. The van der Waals surface area contributed by atoms with Gasteiger partial charge in [-0.3, -0.25) is 4.79 Å². The van der Waals surface area contributed by atoms with E-state index >= 15 is 0 Å². The van der Waals surface area contributed by atoms with Crippen molar-refractivity contribution < 1.29 is 18.7 Å². The molecule has 2 aliphatic rings. The second-order valence-corrected chi connectivity index (χ2v) is 7.03. The van der Waals surface area contributed by atoms with Crippen molar-refractivity contribution in [3.05, 3.63) is 30.2 Å². The number of carbonyl (C=O) groups excluding carboxylic acids is 1. The van der Waals surface area contributed by atoms with E-state index in [0.717, 1.165) is 23.1 Å². The van der Waals surface area contributed by atoms with Crippen molar-refractivity contribution >= 4 is 5.97 Å². The minimum absolute atomic E-state index is 0.0306. The van der Waals surface area contributed by atoms with Crippen LogP contribution < -0.4 is 4.74 Å². The van der Waals surface area contributed by atoms with Gasteiger partial charge < -0.3 is 13.9 Å². The predicted octanol–water partition coefficient (Wildman–Crippen LogP) is 3.61. The Morgan fingerprint density at radius 2 is 2.04 bits per heavy atom. The number of methoxy groups -OCH3 is 1. The predicted molar refractivity (Wildman–Crippen MR) is 89.6 cm³/mol. The third kappa shape index (κ3) is 3.52. The van der Waals surface area contributed by atoms with Gasteiger partial charge in [-0.2, -0.15) is 0 Å². The van der Waals surface area contributed by atoms with Gasteiger partial charge >= 0.3 is 5.97 Å². The summed E-state index contributed by atoms with van der Waals surface area (Å²) in [6, 6.07) is 7.34. The minimum Gasteiger partial charge on any atom is -0.497 e. The molecule has 0 N–H and O–H groups in total. The molecule has 0 unspecified atom stereocenters. The molecule has 0 amide bonds. The van der Waals surface area contributed by atoms with Gasteiger partial charge in [0.15, 0.2) is 6.61 Å². The van der Waals surface area contributed by atoms with Gasteiger partial charge in [-0.25, -0.2) is 0 Å². The number of esters is 1. The van der Waals surface area contributed by atoms with Crippen LogP contribution in [0.5, 0.6) is 5.75 Å². The highest BCUT2D eigenvalue weighted by molar-refractivity contribution is 5.69. The molecule has 132 valence electrons. The second-order valence-electron chi connectivity index (χ2n) is 7.03. The van der Waals surface area contributed by atoms with Crippen molar-refractivity contribution in [2.75, 3.05) is 7.11 Å². The molecule has 0 saturated heterocycles. The van der Waals surface area contributed by atoms with Gasteiger partial charge in [0.2, 0.25) is 5.89 Å². The lowest BCUT2D eigenvalue weighted by molar-refractivity contribution is -0.147. The van der Waals surface area contributed by atoms with Crippen LogP contribution in [0.3, 0.4) is 0 Å². The average Bonchev–Trinajstić information content (AvgIpc) is 3.37. The Hall–Kier alpha value is -2.37. The second kappa shape index (κ2) is 6.86. The number of ether oxygens (including phenoxy) is 2. The van der Waals surface area contributed by atoms with Crippen LogP contribution in [-0.2, 0) is 16.1 Å². The molecule has 0 spiro atoms. The van der Waals surface area contributed by atoms with E-state index in [1.165, 1.54) is 25.7 Å². The van der Waals surface area contributed by atoms with Crippen LogP contribution in [-0.4, -0.2) is 23.3 Å². The zero-order chi connectivity index (χ0) is 17.2. The Bertz CT molecular complexity index is 740. The van der Waals surface area contributed by atoms with E-state index in [4.69, 9.17) is 13.9 Å². The van der Waals surface area contributed by atoms with Gasteiger partial charge in [0, 0.05) is 12.0 Å². The highest BCUT2D eigenvalue weighted by atomic mass is 16.5. The number of nitrogens with zero attached hydrogens (tertiary/aromatic N) is 2. The van der Waals surface area contributed by atoms with Gasteiger partial charge in [-0.05, 0) is 61.3 Å². The van der Waals surface area contributed by atoms with Crippen molar-refractivity contribution in [1.29, 1.82) is 0 Å². The van der Waals surface area contributed by atoms with Gasteiger partial charge in [0.1, 0.15) is 5.75 Å². The first-order valence-corrected chi connectivity index (χ1v) is 8.83. The molecule has 6 nitrogen and oxygen atoms in total. The van der Waals surface area contributed by atoms with Crippen LogP contribution in [0.25, 0.3) is 11.5 Å². The summed E-state index contributed by atoms with van der Waals surface area (Å²) in [6.45, 7) is 0.0306. The van der Waals surface area contributed by atoms with E-state index in [0.29, 0.717) is 24.1 Å². The molecular formula is C19H22N2O4. The van der Waals surface area contributed by atoms with Crippen molar-refractivity contribution in [3.8, 4) is 17.2 Å². The molecule has 2 aliphatic carbocycles. The molecule has 6 heteroatoms. The highest BCUT2D eigenvalue weighted by Crippen LogP contribution is 2.49. The summed E-state index contributed by atoms with van der Waals surface area (Å²) in [5, 5.41) is 7.96. The van der Waals surface area contributed by atoms with E-state index in [1.807, 2.05) is 24.3 Å².